The van der Waals surface area contributed by atoms with Crippen molar-refractivity contribution < 1.29 is 4.74 Å². The summed E-state index contributed by atoms with van der Waals surface area (Å²) in [4.78, 5) is 4.24. The van der Waals surface area contributed by atoms with Crippen LogP contribution in [0.25, 0.3) is 0 Å². The number of rotatable bonds is 4. The number of hydrogen-bond acceptors (Lipinski definition) is 4. The smallest absolute Gasteiger partial charge is 0.120 e. The lowest BCUT2D eigenvalue weighted by molar-refractivity contribution is 0.242. The van der Waals surface area contributed by atoms with Crippen LogP contribution in [0.5, 0.6) is 5.75 Å². The van der Waals surface area contributed by atoms with Crippen LogP contribution in [0.1, 0.15) is 31.1 Å². The summed E-state index contributed by atoms with van der Waals surface area (Å²) in [6.45, 7) is 4.01. The second-order valence-corrected chi connectivity index (χ2v) is 4.85. The fourth-order valence-corrected chi connectivity index (χ4v) is 2.19. The lowest BCUT2D eigenvalue weighted by Crippen LogP contribution is -2.13. The Morgan fingerprint density at radius 3 is 2.82 bits per heavy atom. The zero-order valence-electron chi connectivity index (χ0n) is 9.96. The maximum Gasteiger partial charge on any atom is 0.120 e. The Morgan fingerprint density at radius 1 is 1.35 bits per heavy atom. The van der Waals surface area contributed by atoms with Gasteiger partial charge in [-0.15, -0.1) is 11.3 Å². The van der Waals surface area contributed by atoms with Crippen molar-refractivity contribution in [3.05, 3.63) is 46.4 Å². The van der Waals surface area contributed by atoms with E-state index in [0.29, 0.717) is 0 Å². The number of benzene rings is 1. The van der Waals surface area contributed by atoms with Gasteiger partial charge in [-0.2, -0.15) is 0 Å². The molecule has 3 nitrogen and oxygen atoms in total. The van der Waals surface area contributed by atoms with Gasteiger partial charge in [0.2, 0.25) is 0 Å². The van der Waals surface area contributed by atoms with Crippen molar-refractivity contribution in [3.8, 4) is 5.75 Å². The third-order valence-electron chi connectivity index (χ3n) is 2.36. The van der Waals surface area contributed by atoms with Crippen LogP contribution in [-0.2, 0) is 0 Å². The maximum atomic E-state index is 6.15. The van der Waals surface area contributed by atoms with E-state index in [-0.39, 0.29) is 12.1 Å². The third-order valence-corrected chi connectivity index (χ3v) is 2.96. The van der Waals surface area contributed by atoms with Gasteiger partial charge in [0.25, 0.3) is 0 Å². The highest BCUT2D eigenvalue weighted by atomic mass is 32.1. The first-order valence-corrected chi connectivity index (χ1v) is 6.51. The molecule has 1 aromatic heterocycles. The van der Waals surface area contributed by atoms with Crippen molar-refractivity contribution in [2.24, 2.45) is 5.73 Å². The summed E-state index contributed by atoms with van der Waals surface area (Å²) < 4.78 is 5.65. The van der Waals surface area contributed by atoms with Crippen LogP contribution < -0.4 is 10.5 Å². The van der Waals surface area contributed by atoms with Crippen LogP contribution in [0, 0.1) is 0 Å². The van der Waals surface area contributed by atoms with Gasteiger partial charge >= 0.3 is 0 Å². The van der Waals surface area contributed by atoms with E-state index in [1.807, 2.05) is 43.5 Å². The third kappa shape index (κ3) is 3.05. The molecule has 0 aliphatic heterocycles. The summed E-state index contributed by atoms with van der Waals surface area (Å²) in [5.74, 6) is 0.850. The zero-order chi connectivity index (χ0) is 12.3. The Bertz CT molecular complexity index is 468. The van der Waals surface area contributed by atoms with Crippen LogP contribution in [0.15, 0.2) is 35.2 Å². The molecular weight excluding hydrogens is 232 g/mol. The summed E-state index contributed by atoms with van der Waals surface area (Å²) in [7, 11) is 0. The SMILES string of the molecule is CC(C)Oc1cccc(C(N)c2cscn2)c1. The second-order valence-electron chi connectivity index (χ2n) is 4.13. The molecule has 0 radical (unpaired) electrons. The molecule has 1 aromatic carbocycles. The van der Waals surface area contributed by atoms with Gasteiger partial charge in [0, 0.05) is 5.38 Å². The van der Waals surface area contributed by atoms with Crippen LogP contribution >= 0.6 is 11.3 Å². The molecule has 0 amide bonds. The van der Waals surface area contributed by atoms with Crippen molar-refractivity contribution in [1.82, 2.24) is 4.98 Å². The standard InChI is InChI=1S/C13H16N2OS/c1-9(2)16-11-5-3-4-10(6-11)13(14)12-7-17-8-15-12/h3-9,13H,14H2,1-2H3. The molecule has 0 saturated heterocycles. The van der Waals surface area contributed by atoms with Crippen LogP contribution in [-0.4, -0.2) is 11.1 Å². The number of aromatic nitrogens is 1. The van der Waals surface area contributed by atoms with Gasteiger partial charge in [-0.05, 0) is 31.5 Å². The van der Waals surface area contributed by atoms with Crippen molar-refractivity contribution >= 4 is 11.3 Å². The van der Waals surface area contributed by atoms with Gasteiger partial charge in [0.15, 0.2) is 0 Å². The molecule has 1 heterocycles. The minimum absolute atomic E-state index is 0.167. The summed E-state index contributed by atoms with van der Waals surface area (Å²) in [6.07, 6.45) is 0.167. The van der Waals surface area contributed by atoms with Gasteiger partial charge in [-0.3, -0.25) is 0 Å². The second kappa shape index (κ2) is 5.29. The number of hydrogen-bond donors (Lipinski definition) is 1. The Balaban J connectivity index is 2.21. The lowest BCUT2D eigenvalue weighted by Gasteiger charge is -2.13. The summed E-state index contributed by atoms with van der Waals surface area (Å²) in [5.41, 5.74) is 9.87. The molecule has 0 saturated carbocycles. The molecular formula is C13H16N2OS. The van der Waals surface area contributed by atoms with Crippen molar-refractivity contribution in [1.29, 1.82) is 0 Å². The maximum absolute atomic E-state index is 6.15. The molecule has 0 aliphatic carbocycles. The highest BCUT2D eigenvalue weighted by Gasteiger charge is 2.11. The van der Waals surface area contributed by atoms with Gasteiger partial charge in [-0.25, -0.2) is 4.98 Å². The van der Waals surface area contributed by atoms with Crippen molar-refractivity contribution in [2.45, 2.75) is 26.0 Å². The van der Waals surface area contributed by atoms with E-state index in [9.17, 15) is 0 Å². The summed E-state index contributed by atoms with van der Waals surface area (Å²) in [6, 6.07) is 7.69. The molecule has 0 fully saturated rings. The molecule has 0 bridgehead atoms. The molecule has 1 atom stereocenters. The molecule has 2 N–H and O–H groups in total. The fourth-order valence-electron chi connectivity index (χ4n) is 1.60. The Labute approximate surface area is 105 Å². The number of ether oxygens (including phenoxy) is 1. The lowest BCUT2D eigenvalue weighted by atomic mass is 10.1. The van der Waals surface area contributed by atoms with E-state index in [2.05, 4.69) is 4.98 Å². The van der Waals surface area contributed by atoms with E-state index in [4.69, 9.17) is 10.5 Å². The van der Waals surface area contributed by atoms with Crippen LogP contribution in [0.4, 0.5) is 0 Å². The predicted octanol–water partition coefficient (Wildman–Crippen LogP) is 2.98. The van der Waals surface area contributed by atoms with E-state index in [1.165, 1.54) is 0 Å². The largest absolute Gasteiger partial charge is 0.491 e. The van der Waals surface area contributed by atoms with E-state index >= 15 is 0 Å². The minimum Gasteiger partial charge on any atom is -0.491 e. The summed E-state index contributed by atoms with van der Waals surface area (Å²) >= 11 is 1.56. The molecule has 2 rings (SSSR count). The molecule has 1 unspecified atom stereocenters. The van der Waals surface area contributed by atoms with E-state index in [0.717, 1.165) is 17.0 Å². The Morgan fingerprint density at radius 2 is 2.18 bits per heavy atom. The minimum atomic E-state index is -0.183. The highest BCUT2D eigenvalue weighted by molar-refractivity contribution is 7.07. The summed E-state index contributed by atoms with van der Waals surface area (Å²) in [5, 5.41) is 1.97. The average Bonchev–Trinajstić information content (AvgIpc) is 2.81. The van der Waals surface area contributed by atoms with Crippen molar-refractivity contribution in [2.75, 3.05) is 0 Å². The van der Waals surface area contributed by atoms with Gasteiger partial charge in [-0.1, -0.05) is 12.1 Å². The fraction of sp³-hybridized carbons (Fsp3) is 0.308. The van der Waals surface area contributed by atoms with Crippen LogP contribution in [0.3, 0.4) is 0 Å². The first kappa shape index (κ1) is 12.1. The van der Waals surface area contributed by atoms with Crippen LogP contribution in [0.2, 0.25) is 0 Å². The van der Waals surface area contributed by atoms with E-state index < -0.39 is 0 Å². The number of thiazole rings is 1. The van der Waals surface area contributed by atoms with Gasteiger partial charge in [0.05, 0.1) is 23.4 Å². The molecule has 2 aromatic rings. The first-order chi connectivity index (χ1) is 8.16. The first-order valence-electron chi connectivity index (χ1n) is 5.57. The molecule has 4 heteroatoms. The Hall–Kier alpha value is -1.39. The Kier molecular flexibility index (Phi) is 3.76. The quantitative estimate of drug-likeness (QED) is 0.905. The number of nitrogens with zero attached hydrogens (tertiary/aromatic N) is 1. The highest BCUT2D eigenvalue weighted by Crippen LogP contribution is 2.23. The molecule has 17 heavy (non-hydrogen) atoms. The monoisotopic (exact) mass is 248 g/mol. The van der Waals surface area contributed by atoms with Gasteiger partial charge in [0.1, 0.15) is 5.75 Å². The predicted molar refractivity (Wildman–Crippen MR) is 70.4 cm³/mol. The molecule has 0 spiro atoms. The van der Waals surface area contributed by atoms with E-state index in [1.54, 1.807) is 16.8 Å². The van der Waals surface area contributed by atoms with Gasteiger partial charge < -0.3 is 10.5 Å². The normalized spacial score (nSPS) is 12.7. The average molecular weight is 248 g/mol. The number of nitrogens with two attached hydrogens (primary N) is 1. The topological polar surface area (TPSA) is 48.1 Å². The molecule has 0 aliphatic rings. The van der Waals surface area contributed by atoms with Crippen molar-refractivity contribution in [3.63, 3.8) is 0 Å². The zero-order valence-corrected chi connectivity index (χ0v) is 10.8. The molecule has 90 valence electrons.